The highest BCUT2D eigenvalue weighted by Gasteiger charge is 2.39. The third kappa shape index (κ3) is 1.98. The summed E-state index contributed by atoms with van der Waals surface area (Å²) in [7, 11) is 0. The number of hydrogen-bond donors (Lipinski definition) is 1. The van der Waals surface area contributed by atoms with Crippen LogP contribution in [0.15, 0.2) is 30.6 Å². The van der Waals surface area contributed by atoms with Crippen LogP contribution in [0.3, 0.4) is 0 Å². The quantitative estimate of drug-likeness (QED) is 0.917. The Kier molecular flexibility index (Phi) is 2.94. The molecule has 0 bridgehead atoms. The third-order valence-electron chi connectivity index (χ3n) is 4.03. The second-order valence-corrected chi connectivity index (χ2v) is 5.51. The molecule has 0 spiro atoms. The minimum Gasteiger partial charge on any atom is -0.380 e. The van der Waals surface area contributed by atoms with Crippen LogP contribution in [0, 0.1) is 6.92 Å². The van der Waals surface area contributed by atoms with Crippen LogP contribution in [-0.2, 0) is 18.6 Å². The summed E-state index contributed by atoms with van der Waals surface area (Å²) in [6.45, 7) is 5.10. The van der Waals surface area contributed by atoms with Gasteiger partial charge in [0.25, 0.3) is 0 Å². The molecule has 1 N–H and O–H groups in total. The molecule has 19 heavy (non-hydrogen) atoms. The maximum absolute atomic E-state index is 11.1. The fourth-order valence-corrected chi connectivity index (χ4v) is 2.97. The van der Waals surface area contributed by atoms with Crippen molar-refractivity contribution in [1.82, 2.24) is 9.78 Å². The smallest absolute Gasteiger partial charge is 0.118 e. The molecule has 1 unspecified atom stereocenters. The first-order valence-corrected chi connectivity index (χ1v) is 6.99. The maximum atomic E-state index is 11.1. The highest BCUT2D eigenvalue weighted by atomic mass is 16.3. The SMILES string of the molecule is CCCn1cc(C2(O)CCc3ccc(C)cc32)cn1. The Hall–Kier alpha value is -1.61. The van der Waals surface area contributed by atoms with Crippen molar-refractivity contribution >= 4 is 0 Å². The van der Waals surface area contributed by atoms with Gasteiger partial charge in [-0.15, -0.1) is 0 Å². The molecule has 0 saturated heterocycles. The predicted molar refractivity (Wildman–Crippen MR) is 75.0 cm³/mol. The molecule has 3 rings (SSSR count). The number of nitrogens with zero attached hydrogens (tertiary/aromatic N) is 2. The highest BCUT2D eigenvalue weighted by molar-refractivity contribution is 5.45. The summed E-state index contributed by atoms with van der Waals surface area (Å²) < 4.78 is 1.92. The van der Waals surface area contributed by atoms with E-state index in [0.717, 1.165) is 36.9 Å². The molecule has 0 radical (unpaired) electrons. The Bertz CT molecular complexity index is 603. The van der Waals surface area contributed by atoms with Crippen LogP contribution in [0.25, 0.3) is 0 Å². The minimum atomic E-state index is -0.854. The molecule has 2 aromatic rings. The molecule has 1 aliphatic carbocycles. The van der Waals surface area contributed by atoms with Gasteiger partial charge in [-0.25, -0.2) is 0 Å². The molecule has 1 aromatic heterocycles. The number of aryl methyl sites for hydroxylation is 3. The molecule has 1 atom stereocenters. The largest absolute Gasteiger partial charge is 0.380 e. The van der Waals surface area contributed by atoms with Gasteiger partial charge in [0.2, 0.25) is 0 Å². The number of aliphatic hydroxyl groups is 1. The summed E-state index contributed by atoms with van der Waals surface area (Å²) in [5.74, 6) is 0. The number of aromatic nitrogens is 2. The molecule has 0 aliphatic heterocycles. The average molecular weight is 256 g/mol. The van der Waals surface area contributed by atoms with Crippen molar-refractivity contribution < 1.29 is 5.11 Å². The van der Waals surface area contributed by atoms with Gasteiger partial charge in [0.15, 0.2) is 0 Å². The Labute approximate surface area is 113 Å². The van der Waals surface area contributed by atoms with E-state index < -0.39 is 5.60 Å². The number of hydrogen-bond acceptors (Lipinski definition) is 2. The van der Waals surface area contributed by atoms with Gasteiger partial charge in [0.05, 0.1) is 6.20 Å². The molecule has 100 valence electrons. The van der Waals surface area contributed by atoms with Crippen molar-refractivity contribution in [3.05, 3.63) is 52.8 Å². The summed E-state index contributed by atoms with van der Waals surface area (Å²) >= 11 is 0. The fourth-order valence-electron chi connectivity index (χ4n) is 2.97. The van der Waals surface area contributed by atoms with Gasteiger partial charge in [0, 0.05) is 18.3 Å². The molecule has 1 heterocycles. The van der Waals surface area contributed by atoms with Gasteiger partial charge in [0.1, 0.15) is 5.60 Å². The lowest BCUT2D eigenvalue weighted by molar-refractivity contribution is 0.0828. The zero-order valence-electron chi connectivity index (χ0n) is 11.6. The Balaban J connectivity index is 2.03. The summed E-state index contributed by atoms with van der Waals surface area (Å²) in [4.78, 5) is 0. The maximum Gasteiger partial charge on any atom is 0.118 e. The van der Waals surface area contributed by atoms with E-state index in [1.807, 2.05) is 17.1 Å². The van der Waals surface area contributed by atoms with Crippen LogP contribution < -0.4 is 0 Å². The first-order chi connectivity index (χ1) is 9.13. The van der Waals surface area contributed by atoms with Crippen molar-refractivity contribution in [3.63, 3.8) is 0 Å². The van der Waals surface area contributed by atoms with Crippen LogP contribution in [-0.4, -0.2) is 14.9 Å². The van der Waals surface area contributed by atoms with E-state index in [4.69, 9.17) is 0 Å². The standard InChI is InChI=1S/C16H20N2O/c1-3-8-18-11-14(10-17-18)16(19)7-6-13-5-4-12(2)9-15(13)16/h4-5,9-11,19H,3,6-8H2,1-2H3. The van der Waals surface area contributed by atoms with Crippen molar-refractivity contribution in [2.45, 2.75) is 45.3 Å². The van der Waals surface area contributed by atoms with Crippen LogP contribution in [0.2, 0.25) is 0 Å². The topological polar surface area (TPSA) is 38.0 Å². The molecular formula is C16H20N2O. The minimum absolute atomic E-state index is 0.754. The lowest BCUT2D eigenvalue weighted by atomic mass is 9.89. The Morgan fingerprint density at radius 3 is 3.05 bits per heavy atom. The first kappa shape index (κ1) is 12.4. The van der Waals surface area contributed by atoms with Crippen LogP contribution in [0.1, 0.15) is 42.0 Å². The van der Waals surface area contributed by atoms with Gasteiger partial charge in [-0.1, -0.05) is 30.7 Å². The molecule has 3 nitrogen and oxygen atoms in total. The van der Waals surface area contributed by atoms with Crippen LogP contribution in [0.5, 0.6) is 0 Å². The summed E-state index contributed by atoms with van der Waals surface area (Å²) in [5.41, 5.74) is 3.58. The second kappa shape index (κ2) is 4.49. The van der Waals surface area contributed by atoms with Crippen molar-refractivity contribution in [1.29, 1.82) is 0 Å². The van der Waals surface area contributed by atoms with E-state index in [0.29, 0.717) is 0 Å². The number of fused-ring (bicyclic) bond motifs is 1. The lowest BCUT2D eigenvalue weighted by Gasteiger charge is -2.23. The van der Waals surface area contributed by atoms with E-state index in [1.54, 1.807) is 0 Å². The van der Waals surface area contributed by atoms with E-state index in [9.17, 15) is 5.11 Å². The molecule has 0 saturated carbocycles. The lowest BCUT2D eigenvalue weighted by Crippen LogP contribution is -2.23. The Morgan fingerprint density at radius 1 is 1.42 bits per heavy atom. The van der Waals surface area contributed by atoms with Gasteiger partial charge >= 0.3 is 0 Å². The van der Waals surface area contributed by atoms with E-state index in [1.165, 1.54) is 11.1 Å². The van der Waals surface area contributed by atoms with Crippen LogP contribution >= 0.6 is 0 Å². The van der Waals surface area contributed by atoms with Gasteiger partial charge in [-0.05, 0) is 37.3 Å². The average Bonchev–Trinajstić information content (AvgIpc) is 2.97. The van der Waals surface area contributed by atoms with Crippen LogP contribution in [0.4, 0.5) is 0 Å². The zero-order chi connectivity index (χ0) is 13.5. The summed E-state index contributed by atoms with van der Waals surface area (Å²) in [6, 6.07) is 6.36. The van der Waals surface area contributed by atoms with Gasteiger partial charge in [-0.2, -0.15) is 5.10 Å². The fraction of sp³-hybridized carbons (Fsp3) is 0.438. The zero-order valence-corrected chi connectivity index (χ0v) is 11.6. The van der Waals surface area contributed by atoms with Crippen molar-refractivity contribution in [2.24, 2.45) is 0 Å². The predicted octanol–water partition coefficient (Wildman–Crippen LogP) is 2.78. The molecule has 0 fully saturated rings. The molecule has 3 heteroatoms. The Morgan fingerprint density at radius 2 is 2.26 bits per heavy atom. The van der Waals surface area contributed by atoms with Crippen molar-refractivity contribution in [2.75, 3.05) is 0 Å². The summed E-state index contributed by atoms with van der Waals surface area (Å²) in [6.07, 6.45) is 6.54. The number of rotatable bonds is 3. The van der Waals surface area contributed by atoms with Gasteiger partial charge in [-0.3, -0.25) is 4.68 Å². The van der Waals surface area contributed by atoms with Crippen molar-refractivity contribution in [3.8, 4) is 0 Å². The molecular weight excluding hydrogens is 236 g/mol. The number of benzene rings is 1. The van der Waals surface area contributed by atoms with Gasteiger partial charge < -0.3 is 5.11 Å². The third-order valence-corrected chi connectivity index (χ3v) is 4.03. The molecule has 0 amide bonds. The van der Waals surface area contributed by atoms with E-state index >= 15 is 0 Å². The second-order valence-electron chi connectivity index (χ2n) is 5.51. The van der Waals surface area contributed by atoms with E-state index in [-0.39, 0.29) is 0 Å². The highest BCUT2D eigenvalue weighted by Crippen LogP contribution is 2.42. The normalized spacial score (nSPS) is 21.6. The monoisotopic (exact) mass is 256 g/mol. The first-order valence-electron chi connectivity index (χ1n) is 6.99. The molecule has 1 aliphatic rings. The molecule has 1 aromatic carbocycles. The summed E-state index contributed by atoms with van der Waals surface area (Å²) in [5, 5.41) is 15.4. The van der Waals surface area contributed by atoms with E-state index in [2.05, 4.69) is 37.1 Å².